The molecule has 3 aromatic rings. The minimum Gasteiger partial charge on any atom is -0.437 e. The Balaban J connectivity index is 1.64. The third kappa shape index (κ3) is 5.53. The zero-order chi connectivity index (χ0) is 21.5. The molecule has 2 heterocycles. The molecule has 7 nitrogen and oxygen atoms in total. The number of carbonyl (C=O) groups excluding carboxylic acids is 1. The molecule has 2 aromatic heterocycles. The molecule has 0 N–H and O–H groups in total. The van der Waals surface area contributed by atoms with Crippen molar-refractivity contribution in [1.29, 1.82) is 0 Å². The molecule has 0 bridgehead atoms. The molecule has 0 saturated carbocycles. The van der Waals surface area contributed by atoms with Gasteiger partial charge in [0.15, 0.2) is 5.82 Å². The molecular weight excluding hydrogens is 378 g/mol. The summed E-state index contributed by atoms with van der Waals surface area (Å²) in [7, 11) is 1.92. The molecule has 0 aliphatic rings. The number of hydrogen-bond donors (Lipinski definition) is 0. The first-order valence-corrected chi connectivity index (χ1v) is 9.96. The lowest BCUT2D eigenvalue weighted by atomic mass is 10.1. The summed E-state index contributed by atoms with van der Waals surface area (Å²) in [6.45, 7) is 7.54. The zero-order valence-corrected chi connectivity index (χ0v) is 17.9. The number of likely N-dealkylation sites (N-methyl/N-ethyl adjacent to an activating group) is 2. The summed E-state index contributed by atoms with van der Waals surface area (Å²) in [5.74, 6) is 1.85. The molecule has 0 aliphatic carbocycles. The summed E-state index contributed by atoms with van der Waals surface area (Å²) < 4.78 is 5.88. The largest absolute Gasteiger partial charge is 0.437 e. The van der Waals surface area contributed by atoms with Gasteiger partial charge in [-0.2, -0.15) is 4.98 Å². The Morgan fingerprint density at radius 1 is 1.03 bits per heavy atom. The number of aryl methyl sites for hydroxylation is 1. The van der Waals surface area contributed by atoms with Gasteiger partial charge in [0.2, 0.25) is 11.8 Å². The molecule has 0 radical (unpaired) electrons. The normalized spacial score (nSPS) is 10.5. The van der Waals surface area contributed by atoms with Gasteiger partial charge in [0.05, 0.1) is 18.1 Å². The summed E-state index contributed by atoms with van der Waals surface area (Å²) in [5.41, 5.74) is 3.07. The number of ether oxygens (including phenoxy) is 1. The first-order valence-electron chi connectivity index (χ1n) is 9.96. The Morgan fingerprint density at radius 2 is 1.80 bits per heavy atom. The molecule has 3 rings (SSSR count). The molecule has 7 heteroatoms. The van der Waals surface area contributed by atoms with Crippen molar-refractivity contribution < 1.29 is 9.53 Å². The molecule has 30 heavy (non-hydrogen) atoms. The number of pyridine rings is 1. The van der Waals surface area contributed by atoms with Gasteiger partial charge in [0.25, 0.3) is 0 Å². The Morgan fingerprint density at radius 3 is 2.43 bits per heavy atom. The van der Waals surface area contributed by atoms with Gasteiger partial charge in [0.1, 0.15) is 5.75 Å². The highest BCUT2D eigenvalue weighted by Crippen LogP contribution is 2.24. The Kier molecular flexibility index (Phi) is 6.95. The summed E-state index contributed by atoms with van der Waals surface area (Å²) in [6.07, 6.45) is 5.12. The maximum atomic E-state index is 11.6. The van der Waals surface area contributed by atoms with Crippen LogP contribution in [0, 0.1) is 6.92 Å². The number of hydrogen-bond acceptors (Lipinski definition) is 6. The van der Waals surface area contributed by atoms with Crippen LogP contribution in [0.5, 0.6) is 11.6 Å². The highest BCUT2D eigenvalue weighted by Gasteiger charge is 2.10. The fraction of sp³-hybridized carbons (Fsp3) is 0.304. The van der Waals surface area contributed by atoms with E-state index < -0.39 is 0 Å². The lowest BCUT2D eigenvalue weighted by Crippen LogP contribution is -2.36. The molecule has 0 saturated heterocycles. The summed E-state index contributed by atoms with van der Waals surface area (Å²) >= 11 is 0. The SMILES string of the molecule is CCN(CCN(C)c1cncc(Oc2ccc(-c3ccc(C)cn3)cc2)n1)C(C)=O. The smallest absolute Gasteiger partial charge is 0.239 e. The van der Waals surface area contributed by atoms with E-state index in [1.165, 1.54) is 0 Å². The van der Waals surface area contributed by atoms with Gasteiger partial charge in [-0.15, -0.1) is 0 Å². The topological polar surface area (TPSA) is 71.5 Å². The van der Waals surface area contributed by atoms with Gasteiger partial charge < -0.3 is 14.5 Å². The van der Waals surface area contributed by atoms with Crippen molar-refractivity contribution in [3.63, 3.8) is 0 Å². The maximum Gasteiger partial charge on any atom is 0.239 e. The highest BCUT2D eigenvalue weighted by atomic mass is 16.5. The number of nitrogens with zero attached hydrogens (tertiary/aromatic N) is 5. The van der Waals surface area contributed by atoms with E-state index in [0.29, 0.717) is 37.1 Å². The van der Waals surface area contributed by atoms with Crippen molar-refractivity contribution in [3.8, 4) is 22.9 Å². The van der Waals surface area contributed by atoms with Crippen molar-refractivity contribution in [2.24, 2.45) is 0 Å². The fourth-order valence-corrected chi connectivity index (χ4v) is 2.95. The molecule has 1 aromatic carbocycles. The van der Waals surface area contributed by atoms with E-state index in [1.807, 2.05) is 68.4 Å². The van der Waals surface area contributed by atoms with Crippen LogP contribution in [0.25, 0.3) is 11.3 Å². The van der Waals surface area contributed by atoms with Crippen molar-refractivity contribution in [1.82, 2.24) is 19.9 Å². The van der Waals surface area contributed by atoms with E-state index in [-0.39, 0.29) is 5.91 Å². The van der Waals surface area contributed by atoms with Gasteiger partial charge in [-0.3, -0.25) is 14.8 Å². The van der Waals surface area contributed by atoms with Gasteiger partial charge in [-0.1, -0.05) is 6.07 Å². The van der Waals surface area contributed by atoms with Crippen LogP contribution < -0.4 is 9.64 Å². The molecule has 0 unspecified atom stereocenters. The first-order chi connectivity index (χ1) is 14.5. The number of anilines is 1. The third-order valence-corrected chi connectivity index (χ3v) is 4.81. The van der Waals surface area contributed by atoms with E-state index in [9.17, 15) is 4.79 Å². The molecule has 0 atom stereocenters. The third-order valence-electron chi connectivity index (χ3n) is 4.81. The Hall–Kier alpha value is -3.48. The molecule has 0 aliphatic heterocycles. The summed E-state index contributed by atoms with van der Waals surface area (Å²) in [4.78, 5) is 28.5. The van der Waals surface area contributed by atoms with Crippen molar-refractivity contribution in [2.45, 2.75) is 20.8 Å². The fourth-order valence-electron chi connectivity index (χ4n) is 2.95. The quantitative estimate of drug-likeness (QED) is 0.565. The van der Waals surface area contributed by atoms with Crippen LogP contribution in [-0.4, -0.2) is 52.4 Å². The summed E-state index contributed by atoms with van der Waals surface area (Å²) in [6, 6.07) is 11.8. The number of benzene rings is 1. The van der Waals surface area contributed by atoms with Gasteiger partial charge in [0, 0.05) is 45.4 Å². The zero-order valence-electron chi connectivity index (χ0n) is 17.9. The predicted molar refractivity (Wildman–Crippen MR) is 118 cm³/mol. The number of amides is 1. The van der Waals surface area contributed by atoms with E-state index in [2.05, 4.69) is 15.0 Å². The standard InChI is InChI=1S/C23H27N5O2/c1-5-28(18(3)29)13-12-27(4)22-15-24-16-23(26-22)30-20-9-7-19(8-10-20)21-11-6-17(2)14-25-21/h6-11,14-16H,5,12-13H2,1-4H3. The van der Waals surface area contributed by atoms with Crippen molar-refractivity contribution >= 4 is 11.7 Å². The van der Waals surface area contributed by atoms with Crippen LogP contribution in [0.4, 0.5) is 5.82 Å². The number of carbonyl (C=O) groups is 1. The maximum absolute atomic E-state index is 11.6. The summed E-state index contributed by atoms with van der Waals surface area (Å²) in [5, 5.41) is 0. The van der Waals surface area contributed by atoms with Crippen LogP contribution in [0.1, 0.15) is 19.4 Å². The lowest BCUT2D eigenvalue weighted by Gasteiger charge is -2.24. The molecule has 0 spiro atoms. The highest BCUT2D eigenvalue weighted by molar-refractivity contribution is 5.73. The molecule has 0 fully saturated rings. The van der Waals surface area contributed by atoms with E-state index in [0.717, 1.165) is 16.8 Å². The van der Waals surface area contributed by atoms with Gasteiger partial charge >= 0.3 is 0 Å². The second-order valence-electron chi connectivity index (χ2n) is 7.08. The van der Waals surface area contributed by atoms with Crippen LogP contribution in [0.3, 0.4) is 0 Å². The average Bonchev–Trinajstić information content (AvgIpc) is 2.75. The van der Waals surface area contributed by atoms with Crippen molar-refractivity contribution in [3.05, 3.63) is 60.6 Å². The minimum atomic E-state index is 0.0679. The molecule has 156 valence electrons. The van der Waals surface area contributed by atoms with Crippen LogP contribution >= 0.6 is 0 Å². The van der Waals surface area contributed by atoms with Gasteiger partial charge in [-0.25, -0.2) is 0 Å². The van der Waals surface area contributed by atoms with Crippen molar-refractivity contribution in [2.75, 3.05) is 31.6 Å². The lowest BCUT2D eigenvalue weighted by molar-refractivity contribution is -0.128. The number of aromatic nitrogens is 3. The first kappa shape index (κ1) is 21.2. The second kappa shape index (κ2) is 9.82. The predicted octanol–water partition coefficient (Wildman–Crippen LogP) is 3.94. The van der Waals surface area contributed by atoms with E-state index in [1.54, 1.807) is 24.2 Å². The monoisotopic (exact) mass is 405 g/mol. The van der Waals surface area contributed by atoms with Crippen LogP contribution in [-0.2, 0) is 4.79 Å². The average molecular weight is 406 g/mol. The Labute approximate surface area is 177 Å². The molecular formula is C23H27N5O2. The second-order valence-corrected chi connectivity index (χ2v) is 7.08. The van der Waals surface area contributed by atoms with E-state index >= 15 is 0 Å². The van der Waals surface area contributed by atoms with Gasteiger partial charge in [-0.05, 0) is 49.7 Å². The number of rotatable bonds is 8. The molecule has 1 amide bonds. The van der Waals surface area contributed by atoms with Crippen LogP contribution in [0.15, 0.2) is 55.0 Å². The van der Waals surface area contributed by atoms with E-state index in [4.69, 9.17) is 4.74 Å². The van der Waals surface area contributed by atoms with Crippen LogP contribution in [0.2, 0.25) is 0 Å². The minimum absolute atomic E-state index is 0.0679. The Bertz CT molecular complexity index is 974.